The Kier molecular flexibility index (Phi) is 8.93. The van der Waals surface area contributed by atoms with Gasteiger partial charge in [-0.15, -0.1) is 12.4 Å². The highest BCUT2D eigenvalue weighted by atomic mass is 35.5. The van der Waals surface area contributed by atoms with Gasteiger partial charge in [0.1, 0.15) is 18.1 Å². The average Bonchev–Trinajstić information content (AvgIpc) is 3.10. The lowest BCUT2D eigenvalue weighted by Crippen LogP contribution is -2.29. The Morgan fingerprint density at radius 2 is 1.87 bits per heavy atom. The van der Waals surface area contributed by atoms with Crippen LogP contribution in [-0.2, 0) is 6.61 Å². The Morgan fingerprint density at radius 3 is 2.58 bits per heavy atom. The fraction of sp³-hybridized carbons (Fsp3) is 0.182. The average molecular weight is 463 g/mol. The highest BCUT2D eigenvalue weighted by Gasteiger charge is 2.13. The number of halogens is 2. The van der Waals surface area contributed by atoms with Gasteiger partial charge in [0.05, 0.1) is 10.7 Å². The number of benzene rings is 2. The molecule has 0 radical (unpaired) electrons. The number of amides is 2. The second kappa shape index (κ2) is 11.4. The van der Waals surface area contributed by atoms with Crippen molar-refractivity contribution in [2.24, 2.45) is 5.73 Å². The first-order valence-corrected chi connectivity index (χ1v) is 9.81. The van der Waals surface area contributed by atoms with Crippen LogP contribution in [0.25, 0.3) is 0 Å². The lowest BCUT2D eigenvalue weighted by molar-refractivity contribution is 0.0953. The molecule has 3 rings (SSSR count). The number of carbonyl (C=O) groups is 2. The molecule has 5 N–H and O–H groups in total. The molecule has 0 aliphatic heterocycles. The molecule has 7 nitrogen and oxygen atoms in total. The number of aryl methyl sites for hydroxylation is 1. The fourth-order valence-corrected chi connectivity index (χ4v) is 2.95. The van der Waals surface area contributed by atoms with Crippen LogP contribution in [-0.4, -0.2) is 29.9 Å². The second-order valence-corrected chi connectivity index (χ2v) is 7.05. The summed E-state index contributed by atoms with van der Waals surface area (Å²) in [6.07, 6.45) is 0. The van der Waals surface area contributed by atoms with Crippen LogP contribution >= 0.6 is 24.0 Å². The van der Waals surface area contributed by atoms with Gasteiger partial charge < -0.3 is 26.1 Å². The van der Waals surface area contributed by atoms with Gasteiger partial charge in [0, 0.05) is 24.3 Å². The summed E-state index contributed by atoms with van der Waals surface area (Å²) in [5.74, 6) is 0.00713. The Labute approximate surface area is 191 Å². The number of nitrogens with two attached hydrogens (primary N) is 1. The zero-order valence-electron chi connectivity index (χ0n) is 16.9. The molecule has 0 aliphatic rings. The van der Waals surface area contributed by atoms with Crippen molar-refractivity contribution in [3.8, 4) is 5.75 Å². The molecule has 2 amide bonds. The lowest BCUT2D eigenvalue weighted by Gasteiger charge is -2.13. The normalized spacial score (nSPS) is 10.2. The Hall–Kier alpha value is -3.00. The number of aromatic amines is 1. The Morgan fingerprint density at radius 1 is 1.10 bits per heavy atom. The Bertz CT molecular complexity index is 1030. The summed E-state index contributed by atoms with van der Waals surface area (Å²) in [6.45, 7) is 2.82. The number of rotatable bonds is 8. The highest BCUT2D eigenvalue weighted by Crippen LogP contribution is 2.26. The summed E-state index contributed by atoms with van der Waals surface area (Å²) in [7, 11) is 0. The van der Waals surface area contributed by atoms with Crippen LogP contribution < -0.4 is 21.1 Å². The van der Waals surface area contributed by atoms with E-state index in [1.165, 1.54) is 0 Å². The largest absolute Gasteiger partial charge is 0.487 e. The number of hydrogen-bond donors (Lipinski definition) is 4. The number of hydrogen-bond acceptors (Lipinski definition) is 4. The molecule has 1 heterocycles. The van der Waals surface area contributed by atoms with Crippen LogP contribution in [0.4, 0.5) is 5.69 Å². The summed E-state index contributed by atoms with van der Waals surface area (Å²) >= 11 is 6.02. The summed E-state index contributed by atoms with van der Waals surface area (Å²) in [5.41, 5.74) is 8.39. The number of H-pyrrole nitrogens is 1. The second-order valence-electron chi connectivity index (χ2n) is 6.64. The van der Waals surface area contributed by atoms with Crippen molar-refractivity contribution in [1.29, 1.82) is 0 Å². The van der Waals surface area contributed by atoms with Gasteiger partial charge in [-0.1, -0.05) is 35.9 Å². The minimum Gasteiger partial charge on any atom is -0.487 e. The molecule has 1 aromatic heterocycles. The molecule has 0 saturated heterocycles. The van der Waals surface area contributed by atoms with Gasteiger partial charge in [-0.25, -0.2) is 0 Å². The first kappa shape index (κ1) is 24.3. The van der Waals surface area contributed by atoms with E-state index in [0.717, 1.165) is 11.3 Å². The fourth-order valence-electron chi connectivity index (χ4n) is 2.79. The molecule has 0 spiro atoms. The van der Waals surface area contributed by atoms with Crippen molar-refractivity contribution in [2.75, 3.05) is 18.4 Å². The maximum atomic E-state index is 12.5. The number of para-hydroxylation sites is 2. The summed E-state index contributed by atoms with van der Waals surface area (Å²) < 4.78 is 5.90. The zero-order chi connectivity index (χ0) is 21.5. The van der Waals surface area contributed by atoms with E-state index in [-0.39, 0.29) is 30.8 Å². The molecule has 3 aromatic rings. The standard InChI is InChI=1S/C22H23ClN4O3.ClH/c1-14-17(23)12-19(26-14)22(29)27-18-7-2-3-8-20(18)30-13-15-5-4-6-16(11-15)21(28)25-10-9-24;/h2-8,11-12,26H,9-10,13,24H2,1H3,(H,25,28)(H,27,29);1H. The van der Waals surface area contributed by atoms with Crippen molar-refractivity contribution < 1.29 is 14.3 Å². The molecule has 2 aromatic carbocycles. The number of anilines is 1. The van der Waals surface area contributed by atoms with Crippen LogP contribution in [0.2, 0.25) is 5.02 Å². The quantitative estimate of drug-likeness (QED) is 0.406. The van der Waals surface area contributed by atoms with Crippen LogP contribution in [0.5, 0.6) is 5.75 Å². The predicted molar refractivity (Wildman–Crippen MR) is 124 cm³/mol. The van der Waals surface area contributed by atoms with Crippen molar-refractivity contribution >= 4 is 41.5 Å². The van der Waals surface area contributed by atoms with Gasteiger partial charge in [-0.3, -0.25) is 9.59 Å². The molecule has 0 aliphatic carbocycles. The van der Waals surface area contributed by atoms with Crippen molar-refractivity contribution in [2.45, 2.75) is 13.5 Å². The molecule has 0 bridgehead atoms. The van der Waals surface area contributed by atoms with Crippen LogP contribution in [0.3, 0.4) is 0 Å². The third kappa shape index (κ3) is 6.49. The van der Waals surface area contributed by atoms with E-state index < -0.39 is 0 Å². The molecule has 0 saturated carbocycles. The monoisotopic (exact) mass is 462 g/mol. The molecular weight excluding hydrogens is 439 g/mol. The molecule has 164 valence electrons. The summed E-state index contributed by atoms with van der Waals surface area (Å²) in [6, 6.07) is 15.9. The topological polar surface area (TPSA) is 109 Å². The van der Waals surface area contributed by atoms with Crippen LogP contribution in [0, 0.1) is 6.92 Å². The van der Waals surface area contributed by atoms with E-state index in [0.29, 0.717) is 40.8 Å². The number of carbonyl (C=O) groups excluding carboxylic acids is 2. The van der Waals surface area contributed by atoms with E-state index in [1.807, 2.05) is 12.1 Å². The van der Waals surface area contributed by atoms with Gasteiger partial charge in [-0.2, -0.15) is 0 Å². The van der Waals surface area contributed by atoms with Gasteiger partial charge >= 0.3 is 0 Å². The van der Waals surface area contributed by atoms with Gasteiger partial charge in [0.2, 0.25) is 0 Å². The molecule has 0 unspecified atom stereocenters. The maximum Gasteiger partial charge on any atom is 0.272 e. The molecule has 31 heavy (non-hydrogen) atoms. The SMILES string of the molecule is Cc1[nH]c(C(=O)Nc2ccccc2OCc2cccc(C(=O)NCCN)c2)cc1Cl.Cl. The summed E-state index contributed by atoms with van der Waals surface area (Å²) in [4.78, 5) is 27.5. The minimum atomic E-state index is -0.320. The smallest absolute Gasteiger partial charge is 0.272 e. The lowest BCUT2D eigenvalue weighted by atomic mass is 10.1. The molecule has 9 heteroatoms. The Balaban J connectivity index is 0.00000341. The molecule has 0 atom stereocenters. The minimum absolute atomic E-state index is 0. The van der Waals surface area contributed by atoms with Crippen molar-refractivity contribution in [3.63, 3.8) is 0 Å². The third-order valence-electron chi connectivity index (χ3n) is 4.34. The van der Waals surface area contributed by atoms with E-state index in [1.54, 1.807) is 49.4 Å². The number of nitrogens with one attached hydrogen (secondary N) is 3. The van der Waals surface area contributed by atoms with Gasteiger partial charge in [0.25, 0.3) is 11.8 Å². The van der Waals surface area contributed by atoms with Gasteiger partial charge in [0.15, 0.2) is 0 Å². The molecular formula is C22H24Cl2N4O3. The third-order valence-corrected chi connectivity index (χ3v) is 4.74. The number of aromatic nitrogens is 1. The van der Waals surface area contributed by atoms with Gasteiger partial charge in [-0.05, 0) is 42.8 Å². The van der Waals surface area contributed by atoms with E-state index in [9.17, 15) is 9.59 Å². The maximum absolute atomic E-state index is 12.5. The van der Waals surface area contributed by atoms with E-state index >= 15 is 0 Å². The van der Waals surface area contributed by atoms with Crippen LogP contribution in [0.1, 0.15) is 32.1 Å². The highest BCUT2D eigenvalue weighted by molar-refractivity contribution is 6.31. The zero-order valence-corrected chi connectivity index (χ0v) is 18.5. The van der Waals surface area contributed by atoms with E-state index in [2.05, 4.69) is 15.6 Å². The first-order chi connectivity index (χ1) is 14.5. The van der Waals surface area contributed by atoms with Crippen molar-refractivity contribution in [3.05, 3.63) is 82.1 Å². The summed E-state index contributed by atoms with van der Waals surface area (Å²) in [5, 5.41) is 6.06. The van der Waals surface area contributed by atoms with Crippen molar-refractivity contribution in [1.82, 2.24) is 10.3 Å². The first-order valence-electron chi connectivity index (χ1n) is 9.43. The predicted octanol–water partition coefficient (Wildman–Crippen LogP) is 3.92. The van der Waals surface area contributed by atoms with E-state index in [4.69, 9.17) is 22.1 Å². The van der Waals surface area contributed by atoms with Crippen LogP contribution in [0.15, 0.2) is 54.6 Å². The molecule has 0 fully saturated rings. The number of ether oxygens (including phenoxy) is 1.